The summed E-state index contributed by atoms with van der Waals surface area (Å²) >= 11 is 5.39. The summed E-state index contributed by atoms with van der Waals surface area (Å²) in [5.41, 5.74) is 2.27. The molecule has 0 bridgehead atoms. The van der Waals surface area contributed by atoms with Crippen molar-refractivity contribution in [3.63, 3.8) is 0 Å². The minimum atomic E-state index is 0.364. The molecule has 128 valence electrons. The van der Waals surface area contributed by atoms with E-state index in [0.717, 1.165) is 24.4 Å². The van der Waals surface area contributed by atoms with Gasteiger partial charge in [0.25, 0.3) is 0 Å². The fourth-order valence-electron chi connectivity index (χ4n) is 2.38. The minimum Gasteiger partial charge on any atom is -0.497 e. The Bertz CT molecular complexity index is 629. The van der Waals surface area contributed by atoms with E-state index in [4.69, 9.17) is 17.0 Å². The summed E-state index contributed by atoms with van der Waals surface area (Å²) in [5.74, 6) is 0.829. The first-order chi connectivity index (χ1) is 11.6. The standard InChI is InChI=1S/C19H25N3OS/c1-22(2)17(13-15-7-5-4-6-8-15)14-20-19(24)21-16-9-11-18(23-3)12-10-16/h4-12,17H,13-14H2,1-3H3,(H2,20,21,24)/t17-/m0/s1. The number of rotatable bonds is 7. The Balaban J connectivity index is 1.85. The van der Waals surface area contributed by atoms with Crippen LogP contribution < -0.4 is 15.4 Å². The van der Waals surface area contributed by atoms with E-state index in [0.29, 0.717) is 11.2 Å². The van der Waals surface area contributed by atoms with E-state index >= 15 is 0 Å². The third kappa shape index (κ3) is 5.83. The molecule has 0 amide bonds. The number of benzene rings is 2. The van der Waals surface area contributed by atoms with Gasteiger partial charge in [0.15, 0.2) is 5.11 Å². The van der Waals surface area contributed by atoms with Gasteiger partial charge in [-0.1, -0.05) is 30.3 Å². The maximum Gasteiger partial charge on any atom is 0.170 e. The van der Waals surface area contributed by atoms with Crippen molar-refractivity contribution in [2.24, 2.45) is 0 Å². The van der Waals surface area contributed by atoms with E-state index in [-0.39, 0.29) is 0 Å². The normalized spacial score (nSPS) is 11.8. The Kier molecular flexibility index (Phi) is 7.03. The fourth-order valence-corrected chi connectivity index (χ4v) is 2.58. The van der Waals surface area contributed by atoms with Crippen molar-refractivity contribution in [2.75, 3.05) is 33.1 Å². The molecule has 0 saturated heterocycles. The molecule has 2 rings (SSSR count). The Morgan fingerprint density at radius 3 is 2.33 bits per heavy atom. The van der Waals surface area contributed by atoms with Crippen molar-refractivity contribution in [3.8, 4) is 5.75 Å². The second-order valence-electron chi connectivity index (χ2n) is 5.87. The smallest absolute Gasteiger partial charge is 0.170 e. The highest BCUT2D eigenvalue weighted by Gasteiger charge is 2.12. The third-order valence-corrected chi connectivity index (χ3v) is 4.14. The van der Waals surface area contributed by atoms with Crippen LogP contribution in [0.4, 0.5) is 5.69 Å². The Morgan fingerprint density at radius 1 is 1.08 bits per heavy atom. The quantitative estimate of drug-likeness (QED) is 0.755. The molecule has 0 fully saturated rings. The molecule has 0 spiro atoms. The van der Waals surface area contributed by atoms with Crippen LogP contribution in [0, 0.1) is 0 Å². The number of methoxy groups -OCH3 is 1. The summed E-state index contributed by atoms with van der Waals surface area (Å²) in [4.78, 5) is 2.22. The molecule has 2 aromatic carbocycles. The summed E-state index contributed by atoms with van der Waals surface area (Å²) in [6.07, 6.45) is 0.978. The van der Waals surface area contributed by atoms with Gasteiger partial charge in [0.2, 0.25) is 0 Å². The second-order valence-corrected chi connectivity index (χ2v) is 6.28. The zero-order valence-corrected chi connectivity index (χ0v) is 15.3. The van der Waals surface area contributed by atoms with E-state index in [1.807, 2.05) is 30.3 Å². The van der Waals surface area contributed by atoms with Gasteiger partial charge in [-0.3, -0.25) is 0 Å². The van der Waals surface area contributed by atoms with E-state index in [1.165, 1.54) is 5.56 Å². The van der Waals surface area contributed by atoms with Crippen LogP contribution in [0.15, 0.2) is 54.6 Å². The summed E-state index contributed by atoms with van der Waals surface area (Å²) < 4.78 is 5.15. The predicted octanol–water partition coefficient (Wildman–Crippen LogP) is 3.15. The van der Waals surface area contributed by atoms with Gasteiger partial charge in [-0.05, 0) is 62.6 Å². The number of ether oxygens (including phenoxy) is 1. The first-order valence-corrected chi connectivity index (χ1v) is 8.38. The number of nitrogens with zero attached hydrogens (tertiary/aromatic N) is 1. The molecule has 0 aliphatic rings. The maximum absolute atomic E-state index is 5.39. The van der Waals surface area contributed by atoms with Gasteiger partial charge >= 0.3 is 0 Å². The average molecular weight is 343 g/mol. The molecule has 0 saturated carbocycles. The number of hydrogen-bond acceptors (Lipinski definition) is 3. The lowest BCUT2D eigenvalue weighted by molar-refractivity contribution is 0.291. The number of anilines is 1. The zero-order chi connectivity index (χ0) is 17.4. The van der Waals surface area contributed by atoms with Crippen LogP contribution in [0.1, 0.15) is 5.56 Å². The fraction of sp³-hybridized carbons (Fsp3) is 0.316. The van der Waals surface area contributed by atoms with Crippen LogP contribution in [0.5, 0.6) is 5.75 Å². The first-order valence-electron chi connectivity index (χ1n) is 7.97. The van der Waals surface area contributed by atoms with Crippen LogP contribution in [0.25, 0.3) is 0 Å². The topological polar surface area (TPSA) is 36.5 Å². The molecule has 5 heteroatoms. The molecule has 2 aromatic rings. The van der Waals surface area contributed by atoms with Crippen molar-refractivity contribution in [1.82, 2.24) is 10.2 Å². The van der Waals surface area contributed by atoms with Crippen LogP contribution in [0.2, 0.25) is 0 Å². The molecule has 0 aliphatic heterocycles. The predicted molar refractivity (Wildman–Crippen MR) is 105 cm³/mol. The lowest BCUT2D eigenvalue weighted by atomic mass is 10.1. The van der Waals surface area contributed by atoms with E-state index in [2.05, 4.69) is 53.9 Å². The minimum absolute atomic E-state index is 0.364. The molecular formula is C19H25N3OS. The van der Waals surface area contributed by atoms with Crippen molar-refractivity contribution in [2.45, 2.75) is 12.5 Å². The first kappa shape index (κ1) is 18.2. The maximum atomic E-state index is 5.39. The molecule has 0 aliphatic carbocycles. The SMILES string of the molecule is COc1ccc(NC(=S)NC[C@H](Cc2ccccc2)N(C)C)cc1. The summed E-state index contributed by atoms with van der Waals surface area (Å²) in [5, 5.41) is 7.13. The molecular weight excluding hydrogens is 318 g/mol. The zero-order valence-electron chi connectivity index (χ0n) is 14.5. The molecule has 0 radical (unpaired) electrons. The molecule has 4 nitrogen and oxygen atoms in total. The molecule has 0 aromatic heterocycles. The van der Waals surface area contributed by atoms with Gasteiger partial charge in [-0.15, -0.1) is 0 Å². The van der Waals surface area contributed by atoms with Crippen molar-refractivity contribution in [3.05, 3.63) is 60.2 Å². The van der Waals surface area contributed by atoms with E-state index in [1.54, 1.807) is 7.11 Å². The lowest BCUT2D eigenvalue weighted by Gasteiger charge is -2.25. The third-order valence-electron chi connectivity index (χ3n) is 3.89. The van der Waals surface area contributed by atoms with Gasteiger partial charge in [-0.25, -0.2) is 0 Å². The van der Waals surface area contributed by atoms with Gasteiger partial charge in [-0.2, -0.15) is 0 Å². The van der Waals surface area contributed by atoms with Crippen molar-refractivity contribution < 1.29 is 4.74 Å². The highest BCUT2D eigenvalue weighted by atomic mass is 32.1. The summed E-state index contributed by atoms with van der Waals surface area (Å²) in [6.45, 7) is 0.782. The molecule has 2 N–H and O–H groups in total. The number of likely N-dealkylation sites (N-methyl/N-ethyl adjacent to an activating group) is 1. The number of hydrogen-bond donors (Lipinski definition) is 2. The molecule has 0 heterocycles. The average Bonchev–Trinajstić information content (AvgIpc) is 2.60. The van der Waals surface area contributed by atoms with Gasteiger partial charge in [0.05, 0.1) is 7.11 Å². The number of thiocarbonyl (C=S) groups is 1. The summed E-state index contributed by atoms with van der Waals surface area (Å²) in [7, 11) is 5.84. The molecule has 0 unspecified atom stereocenters. The monoisotopic (exact) mass is 343 g/mol. The van der Waals surface area contributed by atoms with E-state index < -0.39 is 0 Å². The van der Waals surface area contributed by atoms with Crippen molar-refractivity contribution >= 4 is 23.0 Å². The Morgan fingerprint density at radius 2 is 1.75 bits per heavy atom. The van der Waals surface area contributed by atoms with Gasteiger partial charge in [0, 0.05) is 18.3 Å². The lowest BCUT2D eigenvalue weighted by Crippen LogP contribution is -2.42. The highest BCUT2D eigenvalue weighted by Crippen LogP contribution is 2.14. The Hall–Kier alpha value is -2.11. The van der Waals surface area contributed by atoms with Crippen LogP contribution in [0.3, 0.4) is 0 Å². The van der Waals surface area contributed by atoms with Crippen molar-refractivity contribution in [1.29, 1.82) is 0 Å². The van der Waals surface area contributed by atoms with Crippen LogP contribution in [-0.2, 0) is 6.42 Å². The molecule has 1 atom stereocenters. The van der Waals surface area contributed by atoms with Crippen LogP contribution in [-0.4, -0.2) is 43.8 Å². The van der Waals surface area contributed by atoms with Crippen LogP contribution >= 0.6 is 12.2 Å². The van der Waals surface area contributed by atoms with Gasteiger partial charge in [0.1, 0.15) is 5.75 Å². The Labute approximate surface area is 149 Å². The highest BCUT2D eigenvalue weighted by molar-refractivity contribution is 7.80. The molecule has 24 heavy (non-hydrogen) atoms. The van der Waals surface area contributed by atoms with Gasteiger partial charge < -0.3 is 20.3 Å². The number of nitrogens with one attached hydrogen (secondary N) is 2. The largest absolute Gasteiger partial charge is 0.497 e. The summed E-state index contributed by atoms with van der Waals surface area (Å²) in [6, 6.07) is 18.6. The second kappa shape index (κ2) is 9.25. The van der Waals surface area contributed by atoms with E-state index in [9.17, 15) is 0 Å².